The minimum absolute atomic E-state index is 0.00376. The Kier molecular flexibility index (Phi) is 4.33. The molecule has 1 heterocycles. The van der Waals surface area contributed by atoms with Gasteiger partial charge in [0.05, 0.1) is 5.69 Å². The van der Waals surface area contributed by atoms with Crippen LogP contribution in [0.3, 0.4) is 0 Å². The van der Waals surface area contributed by atoms with E-state index in [9.17, 15) is 4.79 Å². The van der Waals surface area contributed by atoms with Crippen molar-refractivity contribution in [1.29, 1.82) is 0 Å². The lowest BCUT2D eigenvalue weighted by atomic mass is 10.2. The molecule has 0 aromatic heterocycles. The van der Waals surface area contributed by atoms with Crippen molar-refractivity contribution in [2.45, 2.75) is 20.0 Å². The van der Waals surface area contributed by atoms with Crippen molar-refractivity contribution in [3.63, 3.8) is 0 Å². The number of benzene rings is 2. The van der Waals surface area contributed by atoms with Crippen LogP contribution >= 0.6 is 0 Å². The summed E-state index contributed by atoms with van der Waals surface area (Å²) in [6.07, 6.45) is 3.39. The molecule has 1 atom stereocenters. The fourth-order valence-corrected chi connectivity index (χ4v) is 2.94. The zero-order valence-electron chi connectivity index (χ0n) is 13.5. The number of para-hydroxylation sites is 2. The molecule has 0 saturated carbocycles. The lowest BCUT2D eigenvalue weighted by molar-refractivity contribution is -0.116. The normalized spacial score (nSPS) is 17.5. The number of carbonyl (C=O) groups is 1. The van der Waals surface area contributed by atoms with Crippen molar-refractivity contribution in [3.8, 4) is 0 Å². The van der Waals surface area contributed by atoms with Gasteiger partial charge in [-0.1, -0.05) is 36.4 Å². The molecule has 23 heavy (non-hydrogen) atoms. The second kappa shape index (κ2) is 6.57. The Morgan fingerprint density at radius 3 is 2.22 bits per heavy atom. The number of carbonyl (C=O) groups excluding carboxylic acids is 1. The maximum absolute atomic E-state index is 12.4. The Hall–Kier alpha value is -2.75. The van der Waals surface area contributed by atoms with Crippen LogP contribution in [-0.2, 0) is 4.79 Å². The third kappa shape index (κ3) is 2.93. The summed E-state index contributed by atoms with van der Waals surface area (Å²) in [5.74, 6) is 0.00376. The minimum atomic E-state index is -0.102. The van der Waals surface area contributed by atoms with Gasteiger partial charge in [0.2, 0.25) is 0 Å². The van der Waals surface area contributed by atoms with E-state index < -0.39 is 0 Å². The first-order valence-corrected chi connectivity index (χ1v) is 7.89. The van der Waals surface area contributed by atoms with Crippen molar-refractivity contribution in [1.82, 2.24) is 5.01 Å². The van der Waals surface area contributed by atoms with Crippen LogP contribution in [0.15, 0.2) is 72.9 Å². The van der Waals surface area contributed by atoms with Crippen LogP contribution in [0.4, 0.5) is 11.4 Å². The molecule has 0 saturated heterocycles. The summed E-state index contributed by atoms with van der Waals surface area (Å²) < 4.78 is 0. The predicted octanol–water partition coefficient (Wildman–Crippen LogP) is 3.64. The molecule has 3 rings (SSSR count). The zero-order chi connectivity index (χ0) is 16.2. The number of anilines is 2. The van der Waals surface area contributed by atoms with Crippen LogP contribution in [0, 0.1) is 0 Å². The molecular weight excluding hydrogens is 286 g/mol. The van der Waals surface area contributed by atoms with Crippen LogP contribution in [0.1, 0.15) is 13.8 Å². The van der Waals surface area contributed by atoms with E-state index in [0.29, 0.717) is 0 Å². The van der Waals surface area contributed by atoms with E-state index in [0.717, 1.165) is 17.9 Å². The van der Waals surface area contributed by atoms with Crippen LogP contribution in [0.5, 0.6) is 0 Å². The highest BCUT2D eigenvalue weighted by molar-refractivity contribution is 6.02. The molecule has 0 spiro atoms. The molecule has 2 aromatic carbocycles. The van der Waals surface area contributed by atoms with E-state index in [-0.39, 0.29) is 12.1 Å². The first kappa shape index (κ1) is 15.2. The Morgan fingerprint density at radius 1 is 1.00 bits per heavy atom. The highest BCUT2D eigenvalue weighted by Crippen LogP contribution is 2.26. The van der Waals surface area contributed by atoms with Gasteiger partial charge in [-0.3, -0.25) is 19.7 Å². The molecule has 0 fully saturated rings. The van der Waals surface area contributed by atoms with Crippen molar-refractivity contribution < 1.29 is 4.79 Å². The molecule has 4 nitrogen and oxygen atoms in total. The highest BCUT2D eigenvalue weighted by Gasteiger charge is 2.30. The fraction of sp³-hybridized carbons (Fsp3) is 0.211. The second-order valence-corrected chi connectivity index (χ2v) is 5.42. The molecule has 2 aromatic rings. The van der Waals surface area contributed by atoms with E-state index in [1.807, 2.05) is 66.6 Å². The maximum Gasteiger partial charge on any atom is 0.254 e. The average molecular weight is 307 g/mol. The Balaban J connectivity index is 1.94. The summed E-state index contributed by atoms with van der Waals surface area (Å²) in [6, 6.07) is 20.0. The van der Waals surface area contributed by atoms with Gasteiger partial charge in [0.1, 0.15) is 6.17 Å². The van der Waals surface area contributed by atoms with Gasteiger partial charge < -0.3 is 0 Å². The van der Waals surface area contributed by atoms with Crippen LogP contribution in [0.2, 0.25) is 0 Å². The highest BCUT2D eigenvalue weighted by atomic mass is 16.2. The molecule has 118 valence electrons. The zero-order valence-corrected chi connectivity index (χ0v) is 13.5. The molecule has 0 aliphatic carbocycles. The quantitative estimate of drug-likeness (QED) is 0.863. The molecule has 1 aliphatic rings. The van der Waals surface area contributed by atoms with Crippen molar-refractivity contribution >= 4 is 17.3 Å². The summed E-state index contributed by atoms with van der Waals surface area (Å²) in [5, 5.41) is 4.27. The Morgan fingerprint density at radius 2 is 1.61 bits per heavy atom. The summed E-state index contributed by atoms with van der Waals surface area (Å²) in [6.45, 7) is 4.96. The maximum atomic E-state index is 12.4. The van der Waals surface area contributed by atoms with E-state index >= 15 is 0 Å². The van der Waals surface area contributed by atoms with Gasteiger partial charge in [0, 0.05) is 24.5 Å². The van der Waals surface area contributed by atoms with Crippen molar-refractivity contribution in [2.24, 2.45) is 0 Å². The first-order chi connectivity index (χ1) is 11.2. The summed E-state index contributed by atoms with van der Waals surface area (Å²) in [7, 11) is 0. The standard InChI is InChI=1S/C19H21N3O/c1-3-20(17-10-6-4-7-11-17)21-15-14-19(23)22(16(21)2)18-12-8-5-9-13-18/h4-16H,3H2,1-2H3. The van der Waals surface area contributed by atoms with Gasteiger partial charge in [-0.2, -0.15) is 0 Å². The van der Waals surface area contributed by atoms with Crippen molar-refractivity contribution in [2.75, 3.05) is 16.5 Å². The first-order valence-electron chi connectivity index (χ1n) is 7.89. The third-order valence-electron chi connectivity index (χ3n) is 4.03. The largest absolute Gasteiger partial charge is 0.286 e. The third-order valence-corrected chi connectivity index (χ3v) is 4.03. The van der Waals surface area contributed by atoms with Gasteiger partial charge >= 0.3 is 0 Å². The van der Waals surface area contributed by atoms with Crippen LogP contribution in [-0.4, -0.2) is 23.6 Å². The number of hydrazine groups is 1. The Bertz CT molecular complexity index is 684. The van der Waals surface area contributed by atoms with E-state index in [1.54, 1.807) is 6.08 Å². The van der Waals surface area contributed by atoms with Gasteiger partial charge in [-0.15, -0.1) is 0 Å². The molecule has 0 radical (unpaired) electrons. The number of rotatable bonds is 4. The Labute approximate surface area is 137 Å². The molecule has 0 bridgehead atoms. The molecule has 4 heteroatoms. The number of hydrogen-bond acceptors (Lipinski definition) is 3. The van der Waals surface area contributed by atoms with E-state index in [2.05, 4.69) is 29.1 Å². The summed E-state index contributed by atoms with van der Waals surface area (Å²) in [5.41, 5.74) is 2.01. The lowest BCUT2D eigenvalue weighted by Gasteiger charge is -2.45. The molecule has 1 unspecified atom stereocenters. The van der Waals surface area contributed by atoms with E-state index in [4.69, 9.17) is 0 Å². The second-order valence-electron chi connectivity index (χ2n) is 5.42. The average Bonchev–Trinajstić information content (AvgIpc) is 2.59. The molecule has 0 N–H and O–H groups in total. The summed E-state index contributed by atoms with van der Waals surface area (Å²) in [4.78, 5) is 14.2. The minimum Gasteiger partial charge on any atom is -0.286 e. The lowest BCUT2D eigenvalue weighted by Crippen LogP contribution is -2.56. The van der Waals surface area contributed by atoms with Crippen molar-refractivity contribution in [3.05, 3.63) is 72.9 Å². The molecule has 1 amide bonds. The summed E-state index contributed by atoms with van der Waals surface area (Å²) >= 11 is 0. The molecule has 1 aliphatic heterocycles. The van der Waals surface area contributed by atoms with Crippen LogP contribution in [0.25, 0.3) is 0 Å². The van der Waals surface area contributed by atoms with Gasteiger partial charge in [0.15, 0.2) is 0 Å². The van der Waals surface area contributed by atoms with Gasteiger partial charge in [0.25, 0.3) is 5.91 Å². The van der Waals surface area contributed by atoms with Gasteiger partial charge in [-0.25, -0.2) is 0 Å². The smallest absolute Gasteiger partial charge is 0.254 e. The van der Waals surface area contributed by atoms with Crippen LogP contribution < -0.4 is 9.91 Å². The number of nitrogens with zero attached hydrogens (tertiary/aromatic N) is 3. The predicted molar refractivity (Wildman–Crippen MR) is 93.8 cm³/mol. The monoisotopic (exact) mass is 307 g/mol. The SMILES string of the molecule is CCN(c1ccccc1)N1C=CC(=O)N(c2ccccc2)C1C. The topological polar surface area (TPSA) is 26.8 Å². The number of hydrogen-bond donors (Lipinski definition) is 0. The number of amides is 1. The van der Waals surface area contributed by atoms with E-state index in [1.165, 1.54) is 0 Å². The van der Waals surface area contributed by atoms with Gasteiger partial charge in [-0.05, 0) is 38.1 Å². The molecular formula is C19H21N3O. The fourth-order valence-electron chi connectivity index (χ4n) is 2.94.